The third-order valence-corrected chi connectivity index (χ3v) is 6.95. The van der Waals surface area contributed by atoms with Crippen molar-refractivity contribution < 1.29 is 14.6 Å². The number of aliphatic hydroxyl groups is 1. The van der Waals surface area contributed by atoms with E-state index in [0.717, 1.165) is 5.56 Å². The second-order valence-electron chi connectivity index (χ2n) is 7.23. The van der Waals surface area contributed by atoms with Gasteiger partial charge in [0, 0.05) is 23.1 Å². The molecule has 30 heavy (non-hydrogen) atoms. The molecule has 0 amide bonds. The lowest BCUT2D eigenvalue weighted by molar-refractivity contribution is 0.0690. The summed E-state index contributed by atoms with van der Waals surface area (Å²) in [7, 11) is 0. The van der Waals surface area contributed by atoms with E-state index in [9.17, 15) is 10.2 Å². The SMILES string of the molecule is Oc1c(C(c2ccc(Cl)cc2Cl)N2CCC(O)CC2)sc2nc(-c3ccco3)nn12. The third-order valence-electron chi connectivity index (χ3n) is 5.31. The summed E-state index contributed by atoms with van der Waals surface area (Å²) in [6.07, 6.45) is 2.56. The van der Waals surface area contributed by atoms with Crippen molar-refractivity contribution in [3.05, 3.63) is 57.1 Å². The summed E-state index contributed by atoms with van der Waals surface area (Å²) in [5.41, 5.74) is 0.837. The molecule has 7 nitrogen and oxygen atoms in total. The van der Waals surface area contributed by atoms with Gasteiger partial charge in [0.25, 0.3) is 0 Å². The maximum Gasteiger partial charge on any atom is 0.230 e. The molecule has 3 aromatic heterocycles. The van der Waals surface area contributed by atoms with Crippen LogP contribution in [0, 0.1) is 0 Å². The van der Waals surface area contributed by atoms with Crippen LogP contribution in [0.5, 0.6) is 5.88 Å². The van der Waals surface area contributed by atoms with Crippen molar-refractivity contribution in [2.24, 2.45) is 0 Å². The summed E-state index contributed by atoms with van der Waals surface area (Å²) < 4.78 is 6.78. The highest BCUT2D eigenvalue weighted by molar-refractivity contribution is 7.17. The van der Waals surface area contributed by atoms with Crippen LogP contribution >= 0.6 is 34.5 Å². The number of benzene rings is 1. The Morgan fingerprint density at radius 1 is 1.20 bits per heavy atom. The lowest BCUT2D eigenvalue weighted by atomic mass is 9.99. The van der Waals surface area contributed by atoms with Crippen LogP contribution in [0.2, 0.25) is 10.0 Å². The Kier molecular flexibility index (Phi) is 5.20. The number of rotatable bonds is 4. The highest BCUT2D eigenvalue weighted by Gasteiger charge is 2.33. The highest BCUT2D eigenvalue weighted by Crippen LogP contribution is 2.43. The Morgan fingerprint density at radius 3 is 2.67 bits per heavy atom. The lowest BCUT2D eigenvalue weighted by Gasteiger charge is -2.36. The summed E-state index contributed by atoms with van der Waals surface area (Å²) in [5.74, 6) is 0.965. The number of furan rings is 1. The van der Waals surface area contributed by atoms with Crippen LogP contribution in [-0.2, 0) is 0 Å². The van der Waals surface area contributed by atoms with Crippen molar-refractivity contribution in [1.29, 1.82) is 0 Å². The minimum atomic E-state index is -0.311. The van der Waals surface area contributed by atoms with E-state index in [4.69, 9.17) is 27.6 Å². The fourth-order valence-corrected chi connectivity index (χ4v) is 5.43. The molecule has 4 heterocycles. The number of aliphatic hydroxyl groups excluding tert-OH is 1. The number of hydrogen-bond acceptors (Lipinski definition) is 7. The van der Waals surface area contributed by atoms with Gasteiger partial charge in [0.05, 0.1) is 23.3 Å². The van der Waals surface area contributed by atoms with Crippen molar-refractivity contribution >= 4 is 39.5 Å². The first-order valence-corrected chi connectivity index (χ1v) is 11.1. The van der Waals surface area contributed by atoms with Crippen molar-refractivity contribution in [3.8, 4) is 17.5 Å². The Hall–Kier alpha value is -2.10. The normalized spacial score (nSPS) is 17.0. The molecule has 1 atom stereocenters. The minimum Gasteiger partial charge on any atom is -0.492 e. The van der Waals surface area contributed by atoms with E-state index >= 15 is 0 Å². The predicted molar refractivity (Wildman–Crippen MR) is 115 cm³/mol. The van der Waals surface area contributed by atoms with Gasteiger partial charge in [-0.05, 0) is 42.7 Å². The summed E-state index contributed by atoms with van der Waals surface area (Å²) in [6.45, 7) is 1.35. The van der Waals surface area contributed by atoms with Gasteiger partial charge in [-0.3, -0.25) is 4.90 Å². The molecule has 1 aliphatic rings. The Morgan fingerprint density at radius 2 is 2.00 bits per heavy atom. The van der Waals surface area contributed by atoms with Gasteiger partial charge in [-0.2, -0.15) is 9.50 Å². The van der Waals surface area contributed by atoms with E-state index in [1.54, 1.807) is 30.5 Å². The van der Waals surface area contributed by atoms with Crippen molar-refractivity contribution in [2.45, 2.75) is 25.0 Å². The lowest BCUT2D eigenvalue weighted by Crippen LogP contribution is -2.38. The zero-order valence-corrected chi connectivity index (χ0v) is 18.0. The van der Waals surface area contributed by atoms with E-state index < -0.39 is 0 Å². The first kappa shape index (κ1) is 19.8. The van der Waals surface area contributed by atoms with Crippen molar-refractivity contribution in [1.82, 2.24) is 19.5 Å². The first-order chi connectivity index (χ1) is 14.5. The minimum absolute atomic E-state index is 0.0162. The quantitative estimate of drug-likeness (QED) is 0.458. The van der Waals surface area contributed by atoms with Gasteiger partial charge in [-0.25, -0.2) is 0 Å². The molecule has 1 saturated heterocycles. The fraction of sp³-hybridized carbons (Fsp3) is 0.300. The monoisotopic (exact) mass is 464 g/mol. The van der Waals surface area contributed by atoms with E-state index in [-0.39, 0.29) is 18.0 Å². The maximum absolute atomic E-state index is 11.1. The standard InChI is InChI=1S/C20H18Cl2N4O3S/c21-11-3-4-13(14(22)10-11)16(25-7-5-12(27)6-8-25)17-19(28)26-20(30-17)23-18(24-26)15-2-1-9-29-15/h1-4,9-10,12,16,27-28H,5-8H2. The van der Waals surface area contributed by atoms with Crippen LogP contribution in [0.3, 0.4) is 0 Å². The van der Waals surface area contributed by atoms with Crippen LogP contribution in [-0.4, -0.2) is 48.9 Å². The van der Waals surface area contributed by atoms with Crippen molar-refractivity contribution in [3.63, 3.8) is 0 Å². The molecule has 0 bridgehead atoms. The maximum atomic E-state index is 11.1. The summed E-state index contributed by atoms with van der Waals surface area (Å²) >= 11 is 14.0. The molecular weight excluding hydrogens is 447 g/mol. The highest BCUT2D eigenvalue weighted by atomic mass is 35.5. The smallest absolute Gasteiger partial charge is 0.230 e. The largest absolute Gasteiger partial charge is 0.492 e. The van der Waals surface area contributed by atoms with Gasteiger partial charge < -0.3 is 14.6 Å². The topological polar surface area (TPSA) is 87.0 Å². The third kappa shape index (κ3) is 3.48. The van der Waals surface area contributed by atoms with E-state index in [1.165, 1.54) is 15.9 Å². The number of piperidine rings is 1. The van der Waals surface area contributed by atoms with Gasteiger partial charge >= 0.3 is 0 Å². The van der Waals surface area contributed by atoms with E-state index in [0.29, 0.717) is 57.4 Å². The van der Waals surface area contributed by atoms with Crippen molar-refractivity contribution in [2.75, 3.05) is 13.1 Å². The second kappa shape index (κ2) is 7.86. The van der Waals surface area contributed by atoms with Gasteiger partial charge in [0.15, 0.2) is 5.76 Å². The van der Waals surface area contributed by atoms with Crippen LogP contribution < -0.4 is 0 Å². The second-order valence-corrected chi connectivity index (χ2v) is 9.09. The Bertz CT molecular complexity index is 1180. The van der Waals surface area contributed by atoms with Gasteiger partial charge in [-0.15, -0.1) is 5.10 Å². The van der Waals surface area contributed by atoms with Gasteiger partial charge in [-0.1, -0.05) is 40.6 Å². The molecule has 1 unspecified atom stereocenters. The van der Waals surface area contributed by atoms with Crippen LogP contribution in [0.25, 0.3) is 16.5 Å². The molecule has 1 aliphatic heterocycles. The number of fused-ring (bicyclic) bond motifs is 1. The average Bonchev–Trinajstić information content (AvgIpc) is 3.44. The molecule has 5 rings (SSSR count). The summed E-state index contributed by atoms with van der Waals surface area (Å²) in [4.78, 5) is 7.97. The van der Waals surface area contributed by atoms with Gasteiger partial charge in [0.2, 0.25) is 16.7 Å². The number of halogens is 2. The number of likely N-dealkylation sites (tertiary alicyclic amines) is 1. The zero-order valence-electron chi connectivity index (χ0n) is 15.7. The number of aromatic nitrogens is 3. The predicted octanol–water partition coefficient (Wildman–Crippen LogP) is 4.61. The number of aromatic hydroxyl groups is 1. The molecule has 156 valence electrons. The molecule has 10 heteroatoms. The molecule has 2 N–H and O–H groups in total. The Balaban J connectivity index is 1.60. The van der Waals surface area contributed by atoms with Crippen LogP contribution in [0.4, 0.5) is 0 Å². The average molecular weight is 465 g/mol. The number of hydrogen-bond donors (Lipinski definition) is 2. The molecule has 0 spiro atoms. The molecule has 4 aromatic rings. The molecule has 1 fully saturated rings. The molecule has 1 aromatic carbocycles. The molecule has 0 radical (unpaired) electrons. The van der Waals surface area contributed by atoms with E-state index in [2.05, 4.69) is 15.0 Å². The fourth-order valence-electron chi connectivity index (χ4n) is 3.81. The Labute approximate surface area is 186 Å². The van der Waals surface area contributed by atoms with Gasteiger partial charge in [0.1, 0.15) is 0 Å². The van der Waals surface area contributed by atoms with E-state index in [1.807, 2.05) is 6.07 Å². The van der Waals surface area contributed by atoms with Crippen LogP contribution in [0.1, 0.15) is 29.3 Å². The molecule has 0 saturated carbocycles. The zero-order chi connectivity index (χ0) is 20.8. The summed E-state index contributed by atoms with van der Waals surface area (Å²) in [5, 5.41) is 26.5. The first-order valence-electron chi connectivity index (χ1n) is 9.50. The number of thiazole rings is 1. The molecule has 0 aliphatic carbocycles. The summed E-state index contributed by atoms with van der Waals surface area (Å²) in [6, 6.07) is 8.60. The molecular formula is C20H18Cl2N4O3S. The van der Waals surface area contributed by atoms with Crippen LogP contribution in [0.15, 0.2) is 41.0 Å². The number of nitrogens with zero attached hydrogens (tertiary/aromatic N) is 4.